The van der Waals surface area contributed by atoms with E-state index in [1.807, 2.05) is 0 Å². The fourth-order valence-corrected chi connectivity index (χ4v) is 1.63. The molecule has 1 aliphatic heterocycles. The molecule has 0 spiro atoms. The van der Waals surface area contributed by atoms with E-state index in [2.05, 4.69) is 0 Å². The SMILES string of the molecule is O[C@H](c1cccc2c1OCC2)C(F)(F)F. The van der Waals surface area contributed by atoms with Gasteiger partial charge in [-0.05, 0) is 5.56 Å². The lowest BCUT2D eigenvalue weighted by Crippen LogP contribution is -2.20. The molecule has 0 unspecified atom stereocenters. The highest BCUT2D eigenvalue weighted by Gasteiger charge is 2.41. The Kier molecular flexibility index (Phi) is 2.34. The molecule has 1 atom stereocenters. The Balaban J connectivity index is 2.41. The predicted octanol–water partition coefficient (Wildman–Crippen LogP) is 2.22. The van der Waals surface area contributed by atoms with Crippen LogP contribution in [0.2, 0.25) is 0 Å². The topological polar surface area (TPSA) is 29.5 Å². The molecule has 0 radical (unpaired) electrons. The maximum atomic E-state index is 12.3. The second-order valence-electron chi connectivity index (χ2n) is 3.38. The van der Waals surface area contributed by atoms with Crippen molar-refractivity contribution in [3.05, 3.63) is 29.3 Å². The van der Waals surface area contributed by atoms with Crippen LogP contribution >= 0.6 is 0 Å². The Morgan fingerprint density at radius 2 is 2.07 bits per heavy atom. The van der Waals surface area contributed by atoms with Crippen LogP contribution in [0.25, 0.3) is 0 Å². The van der Waals surface area contributed by atoms with Gasteiger partial charge >= 0.3 is 6.18 Å². The second kappa shape index (κ2) is 3.41. The van der Waals surface area contributed by atoms with Crippen molar-refractivity contribution in [3.8, 4) is 5.75 Å². The number of alkyl halides is 3. The van der Waals surface area contributed by atoms with Gasteiger partial charge in [0, 0.05) is 12.0 Å². The van der Waals surface area contributed by atoms with Crippen molar-refractivity contribution in [1.29, 1.82) is 0 Å². The van der Waals surface area contributed by atoms with Crippen molar-refractivity contribution in [2.45, 2.75) is 18.7 Å². The predicted molar refractivity (Wildman–Crippen MR) is 46.7 cm³/mol. The van der Waals surface area contributed by atoms with Crippen molar-refractivity contribution in [2.75, 3.05) is 6.61 Å². The average Bonchev–Trinajstić information content (AvgIpc) is 2.62. The lowest BCUT2D eigenvalue weighted by Gasteiger charge is -2.17. The van der Waals surface area contributed by atoms with Crippen molar-refractivity contribution >= 4 is 0 Å². The highest BCUT2D eigenvalue weighted by Crippen LogP contribution is 2.40. The highest BCUT2D eigenvalue weighted by atomic mass is 19.4. The average molecular weight is 218 g/mol. The van der Waals surface area contributed by atoms with Gasteiger partial charge in [0.25, 0.3) is 0 Å². The number of benzene rings is 1. The van der Waals surface area contributed by atoms with Crippen molar-refractivity contribution in [3.63, 3.8) is 0 Å². The second-order valence-corrected chi connectivity index (χ2v) is 3.38. The third-order valence-corrected chi connectivity index (χ3v) is 2.35. The van der Waals surface area contributed by atoms with E-state index in [0.717, 1.165) is 5.56 Å². The standard InChI is InChI=1S/C10H9F3O2/c11-10(12,13)9(14)7-3-1-2-6-4-5-15-8(6)7/h1-3,9,14H,4-5H2/t9-/m1/s1. The first-order valence-electron chi connectivity index (χ1n) is 4.49. The Hall–Kier alpha value is -1.23. The van der Waals surface area contributed by atoms with Crippen LogP contribution < -0.4 is 4.74 Å². The fraction of sp³-hybridized carbons (Fsp3) is 0.400. The summed E-state index contributed by atoms with van der Waals surface area (Å²) in [5.41, 5.74) is 0.522. The number of rotatable bonds is 1. The van der Waals surface area contributed by atoms with Crippen LogP contribution in [-0.4, -0.2) is 17.9 Å². The zero-order valence-electron chi connectivity index (χ0n) is 7.71. The molecule has 1 aliphatic rings. The van der Waals surface area contributed by atoms with E-state index in [1.54, 1.807) is 6.07 Å². The van der Waals surface area contributed by atoms with Gasteiger partial charge in [-0.15, -0.1) is 0 Å². The quantitative estimate of drug-likeness (QED) is 0.783. The number of halogens is 3. The van der Waals surface area contributed by atoms with Crippen LogP contribution in [0.15, 0.2) is 18.2 Å². The number of hydrogen-bond donors (Lipinski definition) is 1. The van der Waals surface area contributed by atoms with E-state index in [0.29, 0.717) is 13.0 Å². The number of hydrogen-bond acceptors (Lipinski definition) is 2. The summed E-state index contributed by atoms with van der Waals surface area (Å²) in [5, 5.41) is 9.12. The number of fused-ring (bicyclic) bond motifs is 1. The van der Waals surface area contributed by atoms with Crippen molar-refractivity contribution in [1.82, 2.24) is 0 Å². The van der Waals surface area contributed by atoms with Crippen molar-refractivity contribution in [2.24, 2.45) is 0 Å². The van der Waals surface area contributed by atoms with Crippen LogP contribution in [0, 0.1) is 0 Å². The van der Waals surface area contributed by atoms with Gasteiger partial charge in [0.05, 0.1) is 6.61 Å². The molecule has 1 aromatic rings. The molecule has 1 N–H and O–H groups in total. The van der Waals surface area contributed by atoms with Crippen LogP contribution in [0.3, 0.4) is 0 Å². The lowest BCUT2D eigenvalue weighted by atomic mass is 10.0. The van der Waals surface area contributed by atoms with Crippen LogP contribution in [0.1, 0.15) is 17.2 Å². The van der Waals surface area contributed by atoms with Crippen LogP contribution in [0.5, 0.6) is 5.75 Å². The minimum Gasteiger partial charge on any atom is -0.493 e. The van der Waals surface area contributed by atoms with Gasteiger partial charge in [0.15, 0.2) is 6.10 Å². The summed E-state index contributed by atoms with van der Waals surface area (Å²) in [6.45, 7) is 0.372. The van der Waals surface area contributed by atoms with Gasteiger partial charge < -0.3 is 9.84 Å². The molecule has 0 saturated carbocycles. The lowest BCUT2D eigenvalue weighted by molar-refractivity contribution is -0.207. The molecule has 5 heteroatoms. The summed E-state index contributed by atoms with van der Waals surface area (Å²) in [6, 6.07) is 4.44. The Labute approximate surface area is 84.3 Å². The van der Waals surface area contributed by atoms with Crippen LogP contribution in [-0.2, 0) is 6.42 Å². The molecular formula is C10H9F3O2. The molecule has 0 aromatic heterocycles. The normalized spacial score (nSPS) is 17.1. The first-order chi connectivity index (χ1) is 7.00. The molecule has 2 rings (SSSR count). The van der Waals surface area contributed by atoms with Gasteiger partial charge in [-0.3, -0.25) is 0 Å². The molecule has 0 bridgehead atoms. The van der Waals surface area contributed by atoms with Gasteiger partial charge in [-0.1, -0.05) is 18.2 Å². The summed E-state index contributed by atoms with van der Waals surface area (Å²) in [5.74, 6) is 0.183. The Morgan fingerprint density at radius 3 is 2.73 bits per heavy atom. The molecule has 0 amide bonds. The Morgan fingerprint density at radius 1 is 1.33 bits per heavy atom. The molecule has 0 fully saturated rings. The van der Waals surface area contributed by atoms with Crippen molar-refractivity contribution < 1.29 is 23.0 Å². The summed E-state index contributed by atoms with van der Waals surface area (Å²) >= 11 is 0. The molecule has 1 heterocycles. The van der Waals surface area contributed by atoms with Gasteiger partial charge in [-0.25, -0.2) is 0 Å². The molecule has 82 valence electrons. The van der Waals surface area contributed by atoms with Gasteiger partial charge in [0.2, 0.25) is 0 Å². The third-order valence-electron chi connectivity index (χ3n) is 2.35. The number of aliphatic hydroxyl groups excluding tert-OH is 1. The molecule has 15 heavy (non-hydrogen) atoms. The van der Waals surface area contributed by atoms with E-state index in [4.69, 9.17) is 9.84 Å². The van der Waals surface area contributed by atoms with E-state index in [9.17, 15) is 13.2 Å². The van der Waals surface area contributed by atoms with E-state index >= 15 is 0 Å². The van der Waals surface area contributed by atoms with Gasteiger partial charge in [0.1, 0.15) is 5.75 Å². The maximum Gasteiger partial charge on any atom is 0.418 e. The summed E-state index contributed by atoms with van der Waals surface area (Å²) < 4.78 is 42.0. The number of aliphatic hydroxyl groups is 1. The van der Waals surface area contributed by atoms with E-state index in [1.165, 1.54) is 12.1 Å². The summed E-state index contributed by atoms with van der Waals surface area (Å²) in [7, 11) is 0. The molecular weight excluding hydrogens is 209 g/mol. The number of para-hydroxylation sites is 1. The first kappa shape index (κ1) is 10.3. The maximum absolute atomic E-state index is 12.3. The fourth-order valence-electron chi connectivity index (χ4n) is 1.63. The first-order valence-corrected chi connectivity index (χ1v) is 4.49. The largest absolute Gasteiger partial charge is 0.493 e. The Bertz CT molecular complexity index is 373. The van der Waals surface area contributed by atoms with E-state index in [-0.39, 0.29) is 11.3 Å². The van der Waals surface area contributed by atoms with E-state index < -0.39 is 12.3 Å². The summed E-state index contributed by atoms with van der Waals surface area (Å²) in [6.07, 6.45) is -6.53. The van der Waals surface area contributed by atoms with Gasteiger partial charge in [-0.2, -0.15) is 13.2 Å². The number of ether oxygens (including phenoxy) is 1. The molecule has 0 saturated heterocycles. The monoisotopic (exact) mass is 218 g/mol. The zero-order valence-corrected chi connectivity index (χ0v) is 7.71. The third kappa shape index (κ3) is 1.79. The minimum absolute atomic E-state index is 0.183. The molecule has 1 aromatic carbocycles. The molecule has 0 aliphatic carbocycles. The zero-order chi connectivity index (χ0) is 11.1. The highest BCUT2D eigenvalue weighted by molar-refractivity contribution is 5.45. The summed E-state index contributed by atoms with van der Waals surface area (Å²) in [4.78, 5) is 0. The minimum atomic E-state index is -4.65. The molecule has 2 nitrogen and oxygen atoms in total. The smallest absolute Gasteiger partial charge is 0.418 e. The van der Waals surface area contributed by atoms with Crippen LogP contribution in [0.4, 0.5) is 13.2 Å².